The lowest BCUT2D eigenvalue weighted by atomic mass is 10.0. The average Bonchev–Trinajstić information content (AvgIpc) is 3.29. The molecule has 1 N–H and O–H groups in total. The molecule has 0 bridgehead atoms. The van der Waals surface area contributed by atoms with E-state index in [2.05, 4.69) is 17.1 Å². The Bertz CT molecular complexity index is 1490. The second kappa shape index (κ2) is 6.20. The largest absolute Gasteiger partial charge is 0.352 e. The summed E-state index contributed by atoms with van der Waals surface area (Å²) in [6.45, 7) is 0.609. The zero-order chi connectivity index (χ0) is 19.7. The van der Waals surface area contributed by atoms with Crippen molar-refractivity contribution >= 4 is 55.7 Å². The number of aromatic amines is 1. The van der Waals surface area contributed by atoms with Crippen LogP contribution in [0.5, 0.6) is 0 Å². The first kappa shape index (κ1) is 17.3. The number of H-pyrrole nitrogens is 1. The highest BCUT2D eigenvalue weighted by Gasteiger charge is 2.25. The van der Waals surface area contributed by atoms with Crippen LogP contribution in [0.15, 0.2) is 52.6 Å². The topological polar surface area (TPSA) is 50.7 Å². The predicted octanol–water partition coefficient (Wildman–Crippen LogP) is 6.14. The molecule has 4 nitrogen and oxygen atoms in total. The van der Waals surface area contributed by atoms with Gasteiger partial charge in [-0.2, -0.15) is 0 Å². The molecular formula is C22H13Cl2N3OS. The number of halogens is 2. The quantitative estimate of drug-likeness (QED) is 0.342. The van der Waals surface area contributed by atoms with Gasteiger partial charge in [0.1, 0.15) is 4.83 Å². The van der Waals surface area contributed by atoms with Crippen LogP contribution in [0.3, 0.4) is 0 Å². The molecule has 5 aromatic rings. The summed E-state index contributed by atoms with van der Waals surface area (Å²) in [7, 11) is 0. The molecule has 2 aromatic carbocycles. The highest BCUT2D eigenvalue weighted by molar-refractivity contribution is 7.17. The van der Waals surface area contributed by atoms with E-state index in [0.717, 1.165) is 33.6 Å². The van der Waals surface area contributed by atoms with Crippen LogP contribution in [0.1, 0.15) is 5.56 Å². The van der Waals surface area contributed by atoms with Gasteiger partial charge in [0.2, 0.25) is 0 Å². The second-order valence-corrected chi connectivity index (χ2v) is 8.88. The van der Waals surface area contributed by atoms with Crippen molar-refractivity contribution in [3.8, 4) is 22.6 Å². The Labute approximate surface area is 179 Å². The molecule has 0 unspecified atom stereocenters. The Balaban J connectivity index is 1.63. The van der Waals surface area contributed by atoms with Gasteiger partial charge in [0.05, 0.1) is 11.1 Å². The molecule has 6 rings (SSSR count). The van der Waals surface area contributed by atoms with Crippen molar-refractivity contribution in [3.63, 3.8) is 0 Å². The molecule has 0 amide bonds. The van der Waals surface area contributed by atoms with E-state index < -0.39 is 0 Å². The van der Waals surface area contributed by atoms with E-state index in [1.807, 2.05) is 29.6 Å². The molecule has 0 fully saturated rings. The lowest BCUT2D eigenvalue weighted by molar-refractivity contribution is 0.653. The number of aromatic nitrogens is 3. The highest BCUT2D eigenvalue weighted by Crippen LogP contribution is 2.37. The molecule has 29 heavy (non-hydrogen) atoms. The van der Waals surface area contributed by atoms with Crippen molar-refractivity contribution in [2.24, 2.45) is 0 Å². The Kier molecular flexibility index (Phi) is 3.69. The SMILES string of the molecule is O=c1c2c(-c3cc(Cl)cc(Cl)c3)csc2nc2n1CCc1c-2[nH]c2ccccc12. The summed E-state index contributed by atoms with van der Waals surface area (Å²) in [5, 5.41) is 4.86. The summed E-state index contributed by atoms with van der Waals surface area (Å²) in [4.78, 5) is 22.5. The molecule has 4 heterocycles. The summed E-state index contributed by atoms with van der Waals surface area (Å²) >= 11 is 13.8. The van der Waals surface area contributed by atoms with Gasteiger partial charge >= 0.3 is 0 Å². The van der Waals surface area contributed by atoms with E-state index in [-0.39, 0.29) is 5.56 Å². The number of hydrogen-bond acceptors (Lipinski definition) is 3. The third-order valence-corrected chi connectivity index (χ3v) is 6.80. The Morgan fingerprint density at radius 3 is 2.72 bits per heavy atom. The van der Waals surface area contributed by atoms with Crippen molar-refractivity contribution < 1.29 is 0 Å². The molecule has 0 aliphatic carbocycles. The maximum atomic E-state index is 13.5. The number of nitrogens with one attached hydrogen (secondary N) is 1. The van der Waals surface area contributed by atoms with Crippen molar-refractivity contribution in [3.05, 3.63) is 73.8 Å². The van der Waals surface area contributed by atoms with E-state index in [4.69, 9.17) is 28.2 Å². The number of hydrogen-bond donors (Lipinski definition) is 1. The minimum Gasteiger partial charge on any atom is -0.352 e. The molecule has 1 aliphatic heterocycles. The monoisotopic (exact) mass is 437 g/mol. The zero-order valence-corrected chi connectivity index (χ0v) is 17.3. The molecule has 1 aliphatic rings. The third-order valence-electron chi connectivity index (χ3n) is 5.49. The predicted molar refractivity (Wildman–Crippen MR) is 120 cm³/mol. The van der Waals surface area contributed by atoms with E-state index in [1.165, 1.54) is 22.3 Å². The Morgan fingerprint density at radius 2 is 1.90 bits per heavy atom. The molecule has 0 saturated carbocycles. The molecule has 142 valence electrons. The fourth-order valence-electron chi connectivity index (χ4n) is 4.22. The van der Waals surface area contributed by atoms with Gasteiger partial charge in [0.15, 0.2) is 5.82 Å². The lowest BCUT2D eigenvalue weighted by Gasteiger charge is -2.18. The minimum absolute atomic E-state index is 0.0262. The van der Waals surface area contributed by atoms with E-state index in [9.17, 15) is 4.79 Å². The molecule has 0 spiro atoms. The first-order valence-electron chi connectivity index (χ1n) is 9.18. The van der Waals surface area contributed by atoms with Gasteiger partial charge < -0.3 is 4.98 Å². The van der Waals surface area contributed by atoms with Crippen molar-refractivity contribution in [1.29, 1.82) is 0 Å². The summed E-state index contributed by atoms with van der Waals surface area (Å²) in [6.07, 6.45) is 0.794. The van der Waals surface area contributed by atoms with Crippen molar-refractivity contribution in [1.82, 2.24) is 14.5 Å². The van der Waals surface area contributed by atoms with Gasteiger partial charge in [0.25, 0.3) is 5.56 Å². The molecule has 7 heteroatoms. The fraction of sp³-hybridized carbons (Fsp3) is 0.0909. The van der Waals surface area contributed by atoms with Gasteiger partial charge in [-0.05, 0) is 41.8 Å². The summed E-state index contributed by atoms with van der Waals surface area (Å²) < 4.78 is 1.78. The Morgan fingerprint density at radius 1 is 1.10 bits per heavy atom. The van der Waals surface area contributed by atoms with Crippen LogP contribution in [0.25, 0.3) is 43.8 Å². The number of nitrogens with zero attached hydrogens (tertiary/aromatic N) is 2. The number of benzene rings is 2. The van der Waals surface area contributed by atoms with E-state index in [1.54, 1.807) is 10.6 Å². The zero-order valence-electron chi connectivity index (χ0n) is 15.0. The van der Waals surface area contributed by atoms with Crippen LogP contribution < -0.4 is 5.56 Å². The maximum absolute atomic E-state index is 13.5. The Hall–Kier alpha value is -2.60. The first-order valence-corrected chi connectivity index (χ1v) is 10.8. The van der Waals surface area contributed by atoms with Crippen LogP contribution in [-0.4, -0.2) is 14.5 Å². The smallest absolute Gasteiger partial charge is 0.263 e. The van der Waals surface area contributed by atoms with E-state index in [0.29, 0.717) is 27.8 Å². The normalized spacial score (nSPS) is 13.0. The second-order valence-electron chi connectivity index (χ2n) is 7.15. The van der Waals surface area contributed by atoms with Crippen molar-refractivity contribution in [2.75, 3.05) is 0 Å². The fourth-order valence-corrected chi connectivity index (χ4v) is 5.68. The molecular weight excluding hydrogens is 425 g/mol. The average molecular weight is 438 g/mol. The van der Waals surface area contributed by atoms with Gasteiger partial charge in [-0.25, -0.2) is 4.98 Å². The highest BCUT2D eigenvalue weighted by atomic mass is 35.5. The number of rotatable bonds is 1. The van der Waals surface area contributed by atoms with Crippen LogP contribution in [0.4, 0.5) is 0 Å². The van der Waals surface area contributed by atoms with Crippen LogP contribution in [-0.2, 0) is 13.0 Å². The third kappa shape index (κ3) is 2.51. The van der Waals surface area contributed by atoms with Gasteiger partial charge in [-0.15, -0.1) is 11.3 Å². The number of thiophene rings is 1. The van der Waals surface area contributed by atoms with E-state index >= 15 is 0 Å². The van der Waals surface area contributed by atoms with Crippen LogP contribution in [0.2, 0.25) is 10.0 Å². The van der Waals surface area contributed by atoms with Gasteiger partial charge in [0, 0.05) is 38.4 Å². The van der Waals surface area contributed by atoms with Gasteiger partial charge in [-0.1, -0.05) is 41.4 Å². The van der Waals surface area contributed by atoms with Crippen LogP contribution in [0, 0.1) is 0 Å². The number of para-hydroxylation sites is 1. The minimum atomic E-state index is -0.0262. The molecule has 0 saturated heterocycles. The molecule has 0 atom stereocenters. The number of fused-ring (bicyclic) bond motifs is 6. The standard InChI is InChI=1S/C22H13Cl2N3OS/c23-12-7-11(8-13(24)9-12)16-10-29-21-18(16)22(28)27-6-5-15-14-3-1-2-4-17(14)25-19(15)20(27)26-21/h1-4,7-10,25H,5-6H2. The molecule has 0 radical (unpaired) electrons. The van der Waals surface area contributed by atoms with Gasteiger partial charge in [-0.3, -0.25) is 9.36 Å². The van der Waals surface area contributed by atoms with Crippen molar-refractivity contribution in [2.45, 2.75) is 13.0 Å². The van der Waals surface area contributed by atoms with Crippen LogP contribution >= 0.6 is 34.5 Å². The lowest BCUT2D eigenvalue weighted by Crippen LogP contribution is -2.27. The summed E-state index contributed by atoms with van der Waals surface area (Å²) in [5.41, 5.74) is 4.87. The summed E-state index contributed by atoms with van der Waals surface area (Å²) in [6, 6.07) is 13.6. The summed E-state index contributed by atoms with van der Waals surface area (Å²) in [5.74, 6) is 0.706. The maximum Gasteiger partial charge on any atom is 0.263 e. The molecule has 3 aromatic heterocycles. The number of aryl methyl sites for hydroxylation is 1. The first-order chi connectivity index (χ1) is 14.1.